The monoisotopic (exact) mass is 231 g/mol. The molecule has 1 aromatic heterocycles. The number of carbonyl (C=O) groups is 1. The van der Waals surface area contributed by atoms with Crippen molar-refractivity contribution in [1.29, 1.82) is 0 Å². The Bertz CT molecular complexity index is 378. The van der Waals surface area contributed by atoms with Crippen molar-refractivity contribution in [3.8, 4) is 0 Å². The first kappa shape index (κ1) is 12.7. The number of aromatic nitrogens is 1. The molecule has 0 saturated heterocycles. The van der Waals surface area contributed by atoms with Gasteiger partial charge in [-0.05, 0) is 26.0 Å². The Kier molecular flexibility index (Phi) is 3.67. The van der Waals surface area contributed by atoms with Gasteiger partial charge < -0.3 is 0 Å². The summed E-state index contributed by atoms with van der Waals surface area (Å²) in [4.78, 5) is 15.5. The number of hydrogen-bond acceptors (Lipinski definition) is 2. The summed E-state index contributed by atoms with van der Waals surface area (Å²) in [5, 5.41) is 0. The Labute approximate surface area is 91.5 Å². The van der Waals surface area contributed by atoms with Gasteiger partial charge in [0.05, 0.1) is 6.42 Å². The summed E-state index contributed by atoms with van der Waals surface area (Å²) in [6.07, 6.45) is -5.87. The summed E-state index contributed by atoms with van der Waals surface area (Å²) in [7, 11) is 0. The topological polar surface area (TPSA) is 30.0 Å². The summed E-state index contributed by atoms with van der Waals surface area (Å²) in [5.41, 5.74) is 1.57. The van der Waals surface area contributed by atoms with Gasteiger partial charge in [0.1, 0.15) is 0 Å². The van der Waals surface area contributed by atoms with Crippen LogP contribution in [-0.4, -0.2) is 16.9 Å². The van der Waals surface area contributed by atoms with Gasteiger partial charge in [-0.1, -0.05) is 0 Å². The number of halogens is 3. The number of carbonyl (C=O) groups excluding carboxylic acids is 1. The Hall–Kier alpha value is -1.39. The van der Waals surface area contributed by atoms with Crippen LogP contribution in [0.15, 0.2) is 12.1 Å². The van der Waals surface area contributed by atoms with Crippen molar-refractivity contribution in [1.82, 2.24) is 4.98 Å². The van der Waals surface area contributed by atoms with Crippen molar-refractivity contribution in [2.24, 2.45) is 0 Å². The lowest BCUT2D eigenvalue weighted by Crippen LogP contribution is -2.11. The van der Waals surface area contributed by atoms with Crippen LogP contribution in [0, 0.1) is 13.8 Å². The highest BCUT2D eigenvalue weighted by Crippen LogP contribution is 2.22. The van der Waals surface area contributed by atoms with Crippen molar-refractivity contribution in [3.05, 3.63) is 29.1 Å². The van der Waals surface area contributed by atoms with E-state index in [4.69, 9.17) is 0 Å². The van der Waals surface area contributed by atoms with Crippen LogP contribution in [0.4, 0.5) is 13.2 Å². The van der Waals surface area contributed by atoms with Crippen molar-refractivity contribution in [2.75, 3.05) is 0 Å². The highest BCUT2D eigenvalue weighted by atomic mass is 19.4. The first-order valence-electron chi connectivity index (χ1n) is 4.83. The number of nitrogens with zero attached hydrogens (tertiary/aromatic N) is 1. The minimum atomic E-state index is -4.28. The molecule has 0 unspecified atom stereocenters. The molecule has 0 aliphatic rings. The van der Waals surface area contributed by atoms with Gasteiger partial charge in [0.2, 0.25) is 0 Å². The second-order valence-corrected chi connectivity index (χ2v) is 3.68. The molecule has 0 aliphatic carbocycles. The zero-order chi connectivity index (χ0) is 12.3. The normalized spacial score (nSPS) is 11.6. The Balaban J connectivity index is 2.73. The van der Waals surface area contributed by atoms with Crippen molar-refractivity contribution < 1.29 is 18.0 Å². The summed E-state index contributed by atoms with van der Waals surface area (Å²) < 4.78 is 35.8. The van der Waals surface area contributed by atoms with Crippen LogP contribution in [0.5, 0.6) is 0 Å². The van der Waals surface area contributed by atoms with E-state index in [-0.39, 0.29) is 0 Å². The Morgan fingerprint density at radius 1 is 1.25 bits per heavy atom. The first-order valence-corrected chi connectivity index (χ1v) is 4.83. The van der Waals surface area contributed by atoms with E-state index in [9.17, 15) is 18.0 Å². The van der Waals surface area contributed by atoms with Crippen LogP contribution >= 0.6 is 0 Å². The maximum atomic E-state index is 11.9. The molecule has 0 fully saturated rings. The fraction of sp³-hybridized carbons (Fsp3) is 0.455. The van der Waals surface area contributed by atoms with Crippen LogP contribution in [0.2, 0.25) is 0 Å². The summed E-state index contributed by atoms with van der Waals surface area (Å²) >= 11 is 0. The molecular formula is C11H12F3NO. The van der Waals surface area contributed by atoms with E-state index in [0.717, 1.165) is 0 Å². The minimum absolute atomic E-state index is 0.300. The quantitative estimate of drug-likeness (QED) is 0.747. The Morgan fingerprint density at radius 2 is 1.75 bits per heavy atom. The third-order valence-electron chi connectivity index (χ3n) is 2.04. The van der Waals surface area contributed by atoms with Crippen LogP contribution in [0.1, 0.15) is 34.6 Å². The fourth-order valence-electron chi connectivity index (χ4n) is 1.40. The number of Topliss-reactive ketones (excluding diaryl/α,β-unsaturated/α-hetero) is 1. The number of hydrogen-bond donors (Lipinski definition) is 0. The molecule has 0 spiro atoms. The molecule has 1 rings (SSSR count). The van der Waals surface area contributed by atoms with Gasteiger partial charge >= 0.3 is 6.18 Å². The van der Waals surface area contributed by atoms with Crippen LogP contribution in [0.3, 0.4) is 0 Å². The summed E-state index contributed by atoms with van der Waals surface area (Å²) in [6, 6.07) is 3.01. The lowest BCUT2D eigenvalue weighted by Gasteiger charge is -2.06. The average molecular weight is 231 g/mol. The molecule has 2 nitrogen and oxygen atoms in total. The van der Waals surface area contributed by atoms with Gasteiger partial charge in [0.15, 0.2) is 5.78 Å². The van der Waals surface area contributed by atoms with Gasteiger partial charge in [-0.15, -0.1) is 0 Å². The largest absolute Gasteiger partial charge is 0.389 e. The van der Waals surface area contributed by atoms with E-state index in [1.807, 2.05) is 0 Å². The maximum Gasteiger partial charge on any atom is 0.389 e. The number of alkyl halides is 3. The van der Waals surface area contributed by atoms with Crippen molar-refractivity contribution >= 4 is 5.78 Å². The molecule has 0 atom stereocenters. The van der Waals surface area contributed by atoms with E-state index in [1.165, 1.54) is 12.1 Å². The number of rotatable bonds is 3. The highest BCUT2D eigenvalue weighted by Gasteiger charge is 2.28. The second-order valence-electron chi connectivity index (χ2n) is 3.68. The van der Waals surface area contributed by atoms with Crippen molar-refractivity contribution in [2.45, 2.75) is 32.9 Å². The summed E-state index contributed by atoms with van der Waals surface area (Å²) in [6.45, 7) is 3.40. The number of pyridine rings is 1. The van der Waals surface area contributed by atoms with Crippen LogP contribution in [-0.2, 0) is 0 Å². The lowest BCUT2D eigenvalue weighted by atomic mass is 10.1. The predicted molar refractivity (Wildman–Crippen MR) is 53.3 cm³/mol. The molecular weight excluding hydrogens is 219 g/mol. The Morgan fingerprint density at radius 3 is 2.19 bits per heavy atom. The zero-order valence-electron chi connectivity index (χ0n) is 9.06. The molecule has 1 aromatic rings. The smallest absolute Gasteiger partial charge is 0.294 e. The van der Waals surface area contributed by atoms with Crippen molar-refractivity contribution in [3.63, 3.8) is 0 Å². The standard InChI is InChI=1S/C11H12F3NO/c1-7-5-9(6-8(2)15-7)10(16)3-4-11(12,13)14/h5-6H,3-4H2,1-2H3. The van der Waals surface area contributed by atoms with Crippen LogP contribution in [0.25, 0.3) is 0 Å². The lowest BCUT2D eigenvalue weighted by molar-refractivity contribution is -0.133. The first-order chi connectivity index (χ1) is 7.28. The van der Waals surface area contributed by atoms with E-state index < -0.39 is 24.8 Å². The molecule has 5 heteroatoms. The molecule has 88 valence electrons. The maximum absolute atomic E-state index is 11.9. The third-order valence-corrected chi connectivity index (χ3v) is 2.04. The predicted octanol–water partition coefficient (Wildman–Crippen LogP) is 3.22. The van der Waals surface area contributed by atoms with Gasteiger partial charge in [-0.2, -0.15) is 13.2 Å². The molecule has 16 heavy (non-hydrogen) atoms. The summed E-state index contributed by atoms with van der Waals surface area (Å²) in [5.74, 6) is -0.495. The van der Waals surface area contributed by atoms with Crippen LogP contribution < -0.4 is 0 Å². The molecule has 0 aliphatic heterocycles. The molecule has 0 amide bonds. The minimum Gasteiger partial charge on any atom is -0.294 e. The fourth-order valence-corrected chi connectivity index (χ4v) is 1.40. The molecule has 0 N–H and O–H groups in total. The number of aryl methyl sites for hydroxylation is 2. The highest BCUT2D eigenvalue weighted by molar-refractivity contribution is 5.96. The third kappa shape index (κ3) is 4.00. The van der Waals surface area contributed by atoms with Gasteiger partial charge in [-0.25, -0.2) is 0 Å². The number of ketones is 1. The molecule has 0 saturated carbocycles. The molecule has 0 radical (unpaired) electrons. The van der Waals surface area contributed by atoms with Gasteiger partial charge in [0, 0.05) is 23.4 Å². The van der Waals surface area contributed by atoms with E-state index in [2.05, 4.69) is 4.98 Å². The SMILES string of the molecule is Cc1cc(C(=O)CCC(F)(F)F)cc(C)n1. The molecule has 0 bridgehead atoms. The average Bonchev–Trinajstić information content (AvgIpc) is 2.11. The van der Waals surface area contributed by atoms with E-state index in [1.54, 1.807) is 13.8 Å². The van der Waals surface area contributed by atoms with Gasteiger partial charge in [0.25, 0.3) is 0 Å². The van der Waals surface area contributed by atoms with E-state index in [0.29, 0.717) is 17.0 Å². The molecule has 0 aromatic carbocycles. The second kappa shape index (κ2) is 4.63. The van der Waals surface area contributed by atoms with E-state index >= 15 is 0 Å². The zero-order valence-corrected chi connectivity index (χ0v) is 9.06. The van der Waals surface area contributed by atoms with Gasteiger partial charge in [-0.3, -0.25) is 9.78 Å². The molecule has 1 heterocycles.